The van der Waals surface area contributed by atoms with E-state index in [0.717, 1.165) is 6.04 Å². The van der Waals surface area contributed by atoms with E-state index in [1.54, 1.807) is 0 Å². The molecule has 2 heteroatoms. The summed E-state index contributed by atoms with van der Waals surface area (Å²) >= 11 is 0. The van der Waals surface area contributed by atoms with Gasteiger partial charge in [0, 0.05) is 25.7 Å². The number of hydrogen-bond acceptors (Lipinski definition) is 2. The lowest BCUT2D eigenvalue weighted by Gasteiger charge is -2.36. The molecule has 17 heavy (non-hydrogen) atoms. The molecule has 1 fully saturated rings. The van der Waals surface area contributed by atoms with Gasteiger partial charge in [0.2, 0.25) is 0 Å². The van der Waals surface area contributed by atoms with Crippen LogP contribution in [0, 0.1) is 0 Å². The highest BCUT2D eigenvalue weighted by molar-refractivity contribution is 4.79. The molecule has 1 aliphatic rings. The summed E-state index contributed by atoms with van der Waals surface area (Å²) in [6, 6.07) is 0.817. The summed E-state index contributed by atoms with van der Waals surface area (Å²) in [5.41, 5.74) is 0. The zero-order valence-corrected chi connectivity index (χ0v) is 12.0. The summed E-state index contributed by atoms with van der Waals surface area (Å²) in [7, 11) is 0. The molecule has 0 aromatic rings. The molecule has 2 nitrogen and oxygen atoms in total. The van der Waals surface area contributed by atoms with Gasteiger partial charge < -0.3 is 5.32 Å². The number of rotatable bonds is 9. The molecule has 1 rings (SSSR count). The second-order valence-electron chi connectivity index (χ2n) is 5.45. The first kappa shape index (κ1) is 15.0. The maximum Gasteiger partial charge on any atom is 0.0221 e. The van der Waals surface area contributed by atoms with Crippen LogP contribution in [0.5, 0.6) is 0 Å². The molecular formula is C15H32N2. The van der Waals surface area contributed by atoms with Crippen LogP contribution in [0.1, 0.15) is 65.2 Å². The third-order valence-electron chi connectivity index (χ3n) is 3.91. The molecule has 1 aliphatic heterocycles. The monoisotopic (exact) mass is 240 g/mol. The number of piperazine rings is 1. The highest BCUT2D eigenvalue weighted by atomic mass is 15.2. The average molecular weight is 240 g/mol. The maximum absolute atomic E-state index is 3.55. The maximum atomic E-state index is 3.55. The van der Waals surface area contributed by atoms with Gasteiger partial charge >= 0.3 is 0 Å². The summed E-state index contributed by atoms with van der Waals surface area (Å²) in [6.07, 6.45) is 11.1. The zero-order chi connectivity index (χ0) is 12.3. The Hall–Kier alpha value is -0.0800. The van der Waals surface area contributed by atoms with Gasteiger partial charge in [0.15, 0.2) is 0 Å². The van der Waals surface area contributed by atoms with Gasteiger partial charge in [-0.15, -0.1) is 0 Å². The third-order valence-corrected chi connectivity index (χ3v) is 3.91. The number of nitrogens with one attached hydrogen (secondary N) is 1. The molecule has 1 saturated heterocycles. The molecule has 102 valence electrons. The largest absolute Gasteiger partial charge is 0.314 e. The van der Waals surface area contributed by atoms with Crippen LogP contribution in [0.15, 0.2) is 0 Å². The molecule has 0 amide bonds. The minimum atomic E-state index is 0.817. The van der Waals surface area contributed by atoms with E-state index >= 15 is 0 Å². The van der Waals surface area contributed by atoms with Crippen molar-refractivity contribution in [3.63, 3.8) is 0 Å². The van der Waals surface area contributed by atoms with Gasteiger partial charge in [-0.1, -0.05) is 52.4 Å². The molecular weight excluding hydrogens is 208 g/mol. The van der Waals surface area contributed by atoms with Crippen LogP contribution in [0.4, 0.5) is 0 Å². The van der Waals surface area contributed by atoms with Crippen molar-refractivity contribution in [2.45, 2.75) is 71.3 Å². The van der Waals surface area contributed by atoms with Gasteiger partial charge in [-0.25, -0.2) is 0 Å². The van der Waals surface area contributed by atoms with Crippen molar-refractivity contribution >= 4 is 0 Å². The average Bonchev–Trinajstić information content (AvgIpc) is 2.36. The van der Waals surface area contributed by atoms with Crippen LogP contribution < -0.4 is 5.32 Å². The van der Waals surface area contributed by atoms with E-state index in [0.29, 0.717) is 0 Å². The second-order valence-corrected chi connectivity index (χ2v) is 5.45. The molecule has 1 unspecified atom stereocenters. The fourth-order valence-electron chi connectivity index (χ4n) is 2.75. The van der Waals surface area contributed by atoms with Gasteiger partial charge in [-0.3, -0.25) is 4.90 Å². The van der Waals surface area contributed by atoms with Gasteiger partial charge in [0.05, 0.1) is 0 Å². The Morgan fingerprint density at radius 3 is 2.53 bits per heavy atom. The van der Waals surface area contributed by atoms with E-state index in [1.807, 2.05) is 0 Å². The first-order valence-electron chi connectivity index (χ1n) is 7.83. The second kappa shape index (κ2) is 9.90. The predicted octanol–water partition coefficient (Wildman–Crippen LogP) is 3.42. The van der Waals surface area contributed by atoms with Crippen LogP contribution in [0.2, 0.25) is 0 Å². The molecule has 0 aliphatic carbocycles. The Labute approximate surface area is 108 Å². The smallest absolute Gasteiger partial charge is 0.0221 e. The SMILES string of the molecule is CCCCCCC1CNCCN1CCCCC. The molecule has 0 bridgehead atoms. The van der Waals surface area contributed by atoms with Gasteiger partial charge in [0.1, 0.15) is 0 Å². The third kappa shape index (κ3) is 6.42. The fourth-order valence-corrected chi connectivity index (χ4v) is 2.75. The summed E-state index contributed by atoms with van der Waals surface area (Å²) < 4.78 is 0. The van der Waals surface area contributed by atoms with Crippen molar-refractivity contribution in [3.8, 4) is 0 Å². The highest BCUT2D eigenvalue weighted by Gasteiger charge is 2.20. The first-order valence-corrected chi connectivity index (χ1v) is 7.83. The fraction of sp³-hybridized carbons (Fsp3) is 1.00. The molecule has 1 heterocycles. The van der Waals surface area contributed by atoms with Crippen molar-refractivity contribution in [2.24, 2.45) is 0 Å². The minimum Gasteiger partial charge on any atom is -0.314 e. The van der Waals surface area contributed by atoms with Crippen molar-refractivity contribution in [3.05, 3.63) is 0 Å². The standard InChI is InChI=1S/C15H32N2/c1-3-5-7-8-10-15-14-16-11-13-17(15)12-9-6-4-2/h15-16H,3-14H2,1-2H3. The molecule has 0 aromatic carbocycles. The lowest BCUT2D eigenvalue weighted by atomic mass is 10.0. The molecule has 0 spiro atoms. The highest BCUT2D eigenvalue weighted by Crippen LogP contribution is 2.13. The summed E-state index contributed by atoms with van der Waals surface area (Å²) in [4.78, 5) is 2.73. The normalized spacial score (nSPS) is 21.9. The number of nitrogens with zero attached hydrogens (tertiary/aromatic N) is 1. The Morgan fingerprint density at radius 2 is 1.76 bits per heavy atom. The quantitative estimate of drug-likeness (QED) is 0.621. The Kier molecular flexibility index (Phi) is 8.72. The van der Waals surface area contributed by atoms with Crippen LogP contribution in [-0.2, 0) is 0 Å². The van der Waals surface area contributed by atoms with Gasteiger partial charge in [-0.05, 0) is 19.4 Å². The first-order chi connectivity index (χ1) is 8.38. The predicted molar refractivity (Wildman–Crippen MR) is 76.5 cm³/mol. The van der Waals surface area contributed by atoms with Crippen molar-refractivity contribution in [1.82, 2.24) is 10.2 Å². The van der Waals surface area contributed by atoms with Crippen LogP contribution in [0.25, 0.3) is 0 Å². The lowest BCUT2D eigenvalue weighted by molar-refractivity contribution is 0.147. The van der Waals surface area contributed by atoms with E-state index in [2.05, 4.69) is 24.1 Å². The van der Waals surface area contributed by atoms with E-state index < -0.39 is 0 Å². The molecule has 0 radical (unpaired) electrons. The van der Waals surface area contributed by atoms with Crippen molar-refractivity contribution in [2.75, 3.05) is 26.2 Å². The molecule has 0 saturated carbocycles. The van der Waals surface area contributed by atoms with E-state index in [1.165, 1.54) is 77.5 Å². The Balaban J connectivity index is 2.17. The molecule has 1 N–H and O–H groups in total. The summed E-state index contributed by atoms with van der Waals surface area (Å²) in [6.45, 7) is 9.59. The Morgan fingerprint density at radius 1 is 1.00 bits per heavy atom. The van der Waals surface area contributed by atoms with Crippen molar-refractivity contribution in [1.29, 1.82) is 0 Å². The van der Waals surface area contributed by atoms with Crippen molar-refractivity contribution < 1.29 is 0 Å². The number of unbranched alkanes of at least 4 members (excludes halogenated alkanes) is 5. The van der Waals surface area contributed by atoms with E-state index in [-0.39, 0.29) is 0 Å². The van der Waals surface area contributed by atoms with Crippen LogP contribution in [0.3, 0.4) is 0 Å². The van der Waals surface area contributed by atoms with E-state index in [4.69, 9.17) is 0 Å². The molecule has 1 atom stereocenters. The number of hydrogen-bond donors (Lipinski definition) is 1. The van der Waals surface area contributed by atoms with Crippen LogP contribution in [-0.4, -0.2) is 37.1 Å². The van der Waals surface area contributed by atoms with Crippen LogP contribution >= 0.6 is 0 Å². The lowest BCUT2D eigenvalue weighted by Crippen LogP contribution is -2.51. The summed E-state index contributed by atoms with van der Waals surface area (Å²) in [5.74, 6) is 0. The zero-order valence-electron chi connectivity index (χ0n) is 12.0. The Bertz CT molecular complexity index is 170. The van der Waals surface area contributed by atoms with E-state index in [9.17, 15) is 0 Å². The molecule has 0 aromatic heterocycles. The minimum absolute atomic E-state index is 0.817. The summed E-state index contributed by atoms with van der Waals surface area (Å²) in [5, 5.41) is 3.55. The topological polar surface area (TPSA) is 15.3 Å². The van der Waals surface area contributed by atoms with Gasteiger partial charge in [0.25, 0.3) is 0 Å². The van der Waals surface area contributed by atoms with Gasteiger partial charge in [-0.2, -0.15) is 0 Å².